The molecule has 146 valence electrons. The first-order valence-electron chi connectivity index (χ1n) is 9.52. The summed E-state index contributed by atoms with van der Waals surface area (Å²) in [6, 6.07) is 15.7. The first kappa shape index (κ1) is 18.3. The lowest BCUT2D eigenvalue weighted by molar-refractivity contribution is -0.134. The normalized spacial score (nSPS) is 18.8. The quantitative estimate of drug-likeness (QED) is 0.886. The zero-order valence-corrected chi connectivity index (χ0v) is 15.9. The van der Waals surface area contributed by atoms with Crippen molar-refractivity contribution in [2.24, 2.45) is 0 Å². The smallest absolute Gasteiger partial charge is 0.407 e. The second-order valence-corrected chi connectivity index (χ2v) is 7.48. The minimum absolute atomic E-state index is 0.0599. The van der Waals surface area contributed by atoms with Crippen LogP contribution < -0.4 is 4.90 Å². The molecule has 2 amide bonds. The summed E-state index contributed by atoms with van der Waals surface area (Å²) >= 11 is 0. The van der Waals surface area contributed by atoms with E-state index in [1.54, 1.807) is 0 Å². The molecule has 0 bridgehead atoms. The maximum atomic E-state index is 13.5. The molecule has 2 aromatic rings. The van der Waals surface area contributed by atoms with Gasteiger partial charge in [0.2, 0.25) is 5.91 Å². The Morgan fingerprint density at radius 2 is 1.82 bits per heavy atom. The monoisotopic (exact) mass is 380 g/mol. The SMILES string of the molecule is Cc1cccc(CN2CN(c3ccccc3)C3(CCN(C(=O)O)CC3)C2=O)n1. The van der Waals surface area contributed by atoms with Crippen molar-refractivity contribution in [3.8, 4) is 0 Å². The molecule has 0 radical (unpaired) electrons. The molecule has 4 rings (SSSR count). The lowest BCUT2D eigenvalue weighted by atomic mass is 9.85. The Morgan fingerprint density at radius 3 is 2.46 bits per heavy atom. The van der Waals surface area contributed by atoms with Crippen LogP contribution in [0.15, 0.2) is 48.5 Å². The van der Waals surface area contributed by atoms with Gasteiger partial charge in [-0.25, -0.2) is 4.79 Å². The zero-order chi connectivity index (χ0) is 19.7. The third kappa shape index (κ3) is 3.17. The molecule has 3 heterocycles. The van der Waals surface area contributed by atoms with Gasteiger partial charge in [-0.2, -0.15) is 0 Å². The summed E-state index contributed by atoms with van der Waals surface area (Å²) in [6.07, 6.45) is 0.0580. The Morgan fingerprint density at radius 1 is 1.11 bits per heavy atom. The molecule has 28 heavy (non-hydrogen) atoms. The van der Waals surface area contributed by atoms with Crippen LogP contribution in [0.1, 0.15) is 24.2 Å². The van der Waals surface area contributed by atoms with Crippen LogP contribution in [-0.2, 0) is 11.3 Å². The Hall–Kier alpha value is -3.09. The number of pyridine rings is 1. The van der Waals surface area contributed by atoms with Gasteiger partial charge >= 0.3 is 6.09 Å². The number of aryl methyl sites for hydroxylation is 1. The maximum absolute atomic E-state index is 13.5. The largest absolute Gasteiger partial charge is 0.465 e. The number of hydrogen-bond acceptors (Lipinski definition) is 4. The van der Waals surface area contributed by atoms with Crippen molar-refractivity contribution >= 4 is 17.7 Å². The van der Waals surface area contributed by atoms with Gasteiger partial charge in [0.05, 0.1) is 18.9 Å². The number of piperidine rings is 1. The summed E-state index contributed by atoms with van der Waals surface area (Å²) < 4.78 is 0. The summed E-state index contributed by atoms with van der Waals surface area (Å²) in [5.74, 6) is 0.0599. The average molecular weight is 380 g/mol. The Kier molecular flexibility index (Phi) is 4.66. The van der Waals surface area contributed by atoms with Crippen molar-refractivity contribution < 1.29 is 14.7 Å². The molecule has 1 aromatic carbocycles. The molecular formula is C21H24N4O3. The molecule has 1 aromatic heterocycles. The highest BCUT2D eigenvalue weighted by Crippen LogP contribution is 2.39. The molecule has 1 N–H and O–H groups in total. The van der Waals surface area contributed by atoms with Crippen LogP contribution in [0.3, 0.4) is 0 Å². The number of amides is 2. The molecular weight excluding hydrogens is 356 g/mol. The minimum atomic E-state index is -0.924. The van der Waals surface area contributed by atoms with Gasteiger partial charge in [0.15, 0.2) is 0 Å². The van der Waals surface area contributed by atoms with Crippen molar-refractivity contribution in [3.63, 3.8) is 0 Å². The average Bonchev–Trinajstić information content (AvgIpc) is 2.95. The summed E-state index contributed by atoms with van der Waals surface area (Å²) in [7, 11) is 0. The van der Waals surface area contributed by atoms with Crippen LogP contribution in [0.4, 0.5) is 10.5 Å². The van der Waals surface area contributed by atoms with Gasteiger partial charge in [0.25, 0.3) is 0 Å². The first-order chi connectivity index (χ1) is 13.5. The summed E-state index contributed by atoms with van der Waals surface area (Å²) in [5.41, 5.74) is 2.08. The second kappa shape index (κ2) is 7.14. The van der Waals surface area contributed by atoms with Gasteiger partial charge in [-0.05, 0) is 44.0 Å². The molecule has 0 atom stereocenters. The first-order valence-corrected chi connectivity index (χ1v) is 9.52. The van der Waals surface area contributed by atoms with E-state index in [2.05, 4.69) is 9.88 Å². The number of anilines is 1. The molecule has 2 aliphatic heterocycles. The van der Waals surface area contributed by atoms with Crippen LogP contribution in [0, 0.1) is 6.92 Å². The molecule has 2 saturated heterocycles. The lowest BCUT2D eigenvalue weighted by Crippen LogP contribution is -2.57. The number of hydrogen-bond donors (Lipinski definition) is 1. The predicted molar refractivity (Wildman–Crippen MR) is 105 cm³/mol. The van der Waals surface area contributed by atoms with Crippen molar-refractivity contribution in [2.75, 3.05) is 24.7 Å². The molecule has 0 aliphatic carbocycles. The van der Waals surface area contributed by atoms with E-state index in [1.165, 1.54) is 4.90 Å². The van der Waals surface area contributed by atoms with Gasteiger partial charge in [-0.15, -0.1) is 0 Å². The zero-order valence-electron chi connectivity index (χ0n) is 15.9. The van der Waals surface area contributed by atoms with Crippen molar-refractivity contribution in [2.45, 2.75) is 31.8 Å². The number of carbonyl (C=O) groups is 2. The third-order valence-corrected chi connectivity index (χ3v) is 5.74. The van der Waals surface area contributed by atoms with Crippen molar-refractivity contribution in [1.82, 2.24) is 14.8 Å². The molecule has 2 fully saturated rings. The fourth-order valence-corrected chi connectivity index (χ4v) is 4.27. The Balaban J connectivity index is 1.64. The number of nitrogens with zero attached hydrogens (tertiary/aromatic N) is 4. The molecule has 1 spiro atoms. The van der Waals surface area contributed by atoms with E-state index in [4.69, 9.17) is 0 Å². The standard InChI is InChI=1S/C21H24N4O3/c1-16-6-5-7-17(22-16)14-24-15-25(18-8-3-2-4-9-18)21(19(24)26)10-12-23(13-11-21)20(27)28/h2-9H,10-15H2,1H3,(H,27,28). The van der Waals surface area contributed by atoms with E-state index in [0.717, 1.165) is 17.1 Å². The van der Waals surface area contributed by atoms with Crippen LogP contribution in [0.25, 0.3) is 0 Å². The van der Waals surface area contributed by atoms with E-state index >= 15 is 0 Å². The summed E-state index contributed by atoms with van der Waals surface area (Å²) in [5, 5.41) is 9.30. The van der Waals surface area contributed by atoms with Gasteiger partial charge in [0.1, 0.15) is 5.54 Å². The number of carbonyl (C=O) groups excluding carboxylic acids is 1. The van der Waals surface area contributed by atoms with Crippen molar-refractivity contribution in [1.29, 1.82) is 0 Å². The highest BCUT2D eigenvalue weighted by molar-refractivity contribution is 5.93. The minimum Gasteiger partial charge on any atom is -0.465 e. The van der Waals surface area contributed by atoms with Crippen LogP contribution in [0.5, 0.6) is 0 Å². The topological polar surface area (TPSA) is 77.0 Å². The van der Waals surface area contributed by atoms with Crippen LogP contribution in [0.2, 0.25) is 0 Å². The number of carboxylic acid groups (broad SMARTS) is 1. The molecule has 7 heteroatoms. The third-order valence-electron chi connectivity index (χ3n) is 5.74. The molecule has 2 aliphatic rings. The van der Waals surface area contributed by atoms with Crippen LogP contribution >= 0.6 is 0 Å². The number of aromatic nitrogens is 1. The van der Waals surface area contributed by atoms with Gasteiger partial charge in [0, 0.05) is 24.5 Å². The van der Waals surface area contributed by atoms with Gasteiger partial charge in [-0.1, -0.05) is 24.3 Å². The molecule has 0 saturated carbocycles. The summed E-state index contributed by atoms with van der Waals surface area (Å²) in [6.45, 7) is 3.59. The van der Waals surface area contributed by atoms with E-state index in [-0.39, 0.29) is 5.91 Å². The molecule has 0 unspecified atom stereocenters. The van der Waals surface area contributed by atoms with E-state index in [9.17, 15) is 14.7 Å². The second-order valence-electron chi connectivity index (χ2n) is 7.48. The fourth-order valence-electron chi connectivity index (χ4n) is 4.27. The van der Waals surface area contributed by atoms with Crippen molar-refractivity contribution in [3.05, 3.63) is 59.9 Å². The lowest BCUT2D eigenvalue weighted by Gasteiger charge is -2.42. The highest BCUT2D eigenvalue weighted by Gasteiger charge is 2.54. The number of para-hydroxylation sites is 1. The predicted octanol–water partition coefficient (Wildman–Crippen LogP) is 2.71. The number of rotatable bonds is 3. The Bertz CT molecular complexity index is 878. The molecule has 7 nitrogen and oxygen atoms in total. The van der Waals surface area contributed by atoms with E-state index < -0.39 is 11.6 Å². The fraction of sp³-hybridized carbons (Fsp3) is 0.381. The maximum Gasteiger partial charge on any atom is 0.407 e. The van der Waals surface area contributed by atoms with E-state index in [0.29, 0.717) is 39.1 Å². The van der Waals surface area contributed by atoms with Gasteiger partial charge in [-0.3, -0.25) is 9.78 Å². The van der Waals surface area contributed by atoms with Gasteiger partial charge < -0.3 is 19.8 Å². The summed E-state index contributed by atoms with van der Waals surface area (Å²) in [4.78, 5) is 34.8. The highest BCUT2D eigenvalue weighted by atomic mass is 16.4. The van der Waals surface area contributed by atoms with Crippen LogP contribution in [-0.4, -0.2) is 57.2 Å². The number of likely N-dealkylation sites (tertiary alicyclic amines) is 1. The van der Waals surface area contributed by atoms with E-state index in [1.807, 2.05) is 60.4 Å². The Labute approximate surface area is 164 Å². The number of benzene rings is 1.